The molecule has 1 heterocycles. The van der Waals surface area contributed by atoms with Gasteiger partial charge in [0.15, 0.2) is 0 Å². The normalized spacial score (nSPS) is 22.6. The Bertz CT molecular complexity index is 511. The number of anilines is 1. The number of nitrogens with one attached hydrogen (secondary N) is 1. The van der Waals surface area contributed by atoms with Crippen LogP contribution < -0.4 is 5.32 Å². The highest BCUT2D eigenvalue weighted by atomic mass is 79.9. The monoisotopic (exact) mass is 325 g/mol. The molecule has 2 nitrogen and oxygen atoms in total. The van der Waals surface area contributed by atoms with Gasteiger partial charge in [-0.25, -0.2) is 4.39 Å². The van der Waals surface area contributed by atoms with Gasteiger partial charge in [-0.1, -0.05) is 25.7 Å². The van der Waals surface area contributed by atoms with Crippen molar-refractivity contribution in [2.24, 2.45) is 5.92 Å². The molecule has 19 heavy (non-hydrogen) atoms. The zero-order chi connectivity index (χ0) is 13.4. The summed E-state index contributed by atoms with van der Waals surface area (Å²) in [5.41, 5.74) is 1.57. The van der Waals surface area contributed by atoms with Gasteiger partial charge in [0.05, 0.1) is 11.6 Å². The van der Waals surface area contributed by atoms with Gasteiger partial charge in [0.25, 0.3) is 0 Å². The highest BCUT2D eigenvalue weighted by Gasteiger charge is 2.33. The first-order chi connectivity index (χ1) is 9.15. The average Bonchev–Trinajstić information content (AvgIpc) is 2.95. The minimum Gasteiger partial charge on any atom is -0.324 e. The Kier molecular flexibility index (Phi) is 3.61. The summed E-state index contributed by atoms with van der Waals surface area (Å²) in [7, 11) is 0. The van der Waals surface area contributed by atoms with Gasteiger partial charge in [0.1, 0.15) is 5.82 Å². The van der Waals surface area contributed by atoms with E-state index in [0.29, 0.717) is 4.47 Å². The van der Waals surface area contributed by atoms with Crippen molar-refractivity contribution in [3.05, 3.63) is 28.0 Å². The molecule has 1 saturated carbocycles. The fraction of sp³-hybridized carbons (Fsp3) is 0.533. The van der Waals surface area contributed by atoms with E-state index < -0.39 is 0 Å². The van der Waals surface area contributed by atoms with Crippen molar-refractivity contribution >= 4 is 27.5 Å². The third kappa shape index (κ3) is 2.55. The Hall–Kier alpha value is -0.900. The fourth-order valence-electron chi connectivity index (χ4n) is 3.34. The minimum atomic E-state index is -0.284. The Morgan fingerprint density at radius 3 is 2.74 bits per heavy atom. The Labute approximate surface area is 120 Å². The lowest BCUT2D eigenvalue weighted by molar-refractivity contribution is -0.117. The molecular weight excluding hydrogens is 309 g/mol. The largest absolute Gasteiger partial charge is 0.324 e. The third-order valence-electron chi connectivity index (χ3n) is 4.36. The van der Waals surface area contributed by atoms with E-state index in [-0.39, 0.29) is 17.6 Å². The van der Waals surface area contributed by atoms with Crippen molar-refractivity contribution in [1.29, 1.82) is 0 Å². The predicted molar refractivity (Wildman–Crippen MR) is 76.7 cm³/mol. The summed E-state index contributed by atoms with van der Waals surface area (Å²) < 4.78 is 14.1. The number of hydrogen-bond donors (Lipinski definition) is 1. The molecule has 1 aliphatic heterocycles. The molecule has 1 atom stereocenters. The quantitative estimate of drug-likeness (QED) is 0.864. The number of carbonyl (C=O) groups excluding carboxylic acids is 1. The molecule has 0 spiro atoms. The maximum absolute atomic E-state index is 13.5. The van der Waals surface area contributed by atoms with Crippen molar-refractivity contribution in [1.82, 2.24) is 0 Å². The van der Waals surface area contributed by atoms with Crippen LogP contribution in [0.5, 0.6) is 0 Å². The van der Waals surface area contributed by atoms with Crippen LogP contribution in [0.3, 0.4) is 0 Å². The molecule has 1 aromatic carbocycles. The number of carbonyl (C=O) groups is 1. The van der Waals surface area contributed by atoms with E-state index >= 15 is 0 Å². The van der Waals surface area contributed by atoms with Gasteiger partial charge in [0.2, 0.25) is 5.91 Å². The summed E-state index contributed by atoms with van der Waals surface area (Å²) in [6.07, 6.45) is 7.11. The van der Waals surface area contributed by atoms with E-state index in [4.69, 9.17) is 0 Å². The Balaban J connectivity index is 1.77. The summed E-state index contributed by atoms with van der Waals surface area (Å²) in [6, 6.07) is 2.90. The van der Waals surface area contributed by atoms with Crippen molar-refractivity contribution in [2.75, 3.05) is 5.32 Å². The highest BCUT2D eigenvalue weighted by molar-refractivity contribution is 9.10. The topological polar surface area (TPSA) is 29.1 Å². The van der Waals surface area contributed by atoms with Gasteiger partial charge < -0.3 is 5.32 Å². The molecule has 102 valence electrons. The lowest BCUT2D eigenvalue weighted by Gasteiger charge is -2.13. The second kappa shape index (κ2) is 5.23. The summed E-state index contributed by atoms with van der Waals surface area (Å²) >= 11 is 3.32. The molecule has 0 bridgehead atoms. The molecule has 0 radical (unpaired) electrons. The smallest absolute Gasteiger partial charge is 0.232 e. The molecular formula is C15H17BrFNO. The van der Waals surface area contributed by atoms with E-state index in [1.807, 2.05) is 0 Å². The van der Waals surface area contributed by atoms with E-state index in [2.05, 4.69) is 21.2 Å². The van der Waals surface area contributed by atoms with Gasteiger partial charge in [-0.2, -0.15) is 0 Å². The lowest BCUT2D eigenvalue weighted by atomic mass is 9.90. The summed E-state index contributed by atoms with van der Waals surface area (Å²) in [6.45, 7) is 0. The van der Waals surface area contributed by atoms with Crippen LogP contribution in [0.15, 0.2) is 16.6 Å². The van der Waals surface area contributed by atoms with Crippen LogP contribution in [0.25, 0.3) is 0 Å². The van der Waals surface area contributed by atoms with Gasteiger partial charge in [0, 0.05) is 4.47 Å². The Morgan fingerprint density at radius 1 is 1.26 bits per heavy atom. The first kappa shape index (κ1) is 13.1. The molecule has 0 saturated heterocycles. The van der Waals surface area contributed by atoms with Gasteiger partial charge in [-0.15, -0.1) is 0 Å². The summed E-state index contributed by atoms with van der Waals surface area (Å²) in [4.78, 5) is 12.0. The maximum Gasteiger partial charge on any atom is 0.232 e. The first-order valence-corrected chi connectivity index (χ1v) is 7.74. The molecule has 1 unspecified atom stereocenters. The van der Waals surface area contributed by atoms with Crippen molar-refractivity contribution < 1.29 is 9.18 Å². The lowest BCUT2D eigenvalue weighted by Crippen LogP contribution is -2.13. The SMILES string of the molecule is O=C1Nc2c(Br)cc(F)cc2C1CCC1CCCC1. The van der Waals surface area contributed by atoms with Crippen LogP contribution in [-0.4, -0.2) is 5.91 Å². The Morgan fingerprint density at radius 2 is 2.00 bits per heavy atom. The van der Waals surface area contributed by atoms with Gasteiger partial charge in [-0.05, 0) is 52.4 Å². The van der Waals surface area contributed by atoms with E-state index in [1.54, 1.807) is 0 Å². The van der Waals surface area contributed by atoms with Gasteiger partial charge in [-0.3, -0.25) is 4.79 Å². The van der Waals surface area contributed by atoms with Gasteiger partial charge >= 0.3 is 0 Å². The maximum atomic E-state index is 13.5. The van der Waals surface area contributed by atoms with Crippen molar-refractivity contribution in [2.45, 2.75) is 44.4 Å². The van der Waals surface area contributed by atoms with E-state index in [0.717, 1.165) is 30.0 Å². The molecule has 0 aromatic heterocycles. The standard InChI is InChI=1S/C15H17BrFNO/c16-13-8-10(17)7-12-11(15(19)18-14(12)13)6-5-9-3-1-2-4-9/h7-9,11H,1-6H2,(H,18,19). The van der Waals surface area contributed by atoms with Crippen LogP contribution in [0.4, 0.5) is 10.1 Å². The molecule has 1 N–H and O–H groups in total. The van der Waals surface area contributed by atoms with Crippen LogP contribution >= 0.6 is 15.9 Å². The number of halogens is 2. The number of amides is 1. The molecule has 2 aliphatic rings. The van der Waals surface area contributed by atoms with Crippen molar-refractivity contribution in [3.8, 4) is 0 Å². The first-order valence-electron chi connectivity index (χ1n) is 6.95. The van der Waals surface area contributed by atoms with Crippen LogP contribution in [0.1, 0.15) is 50.0 Å². The fourth-order valence-corrected chi connectivity index (χ4v) is 3.89. The minimum absolute atomic E-state index is 0.0132. The molecule has 1 aliphatic carbocycles. The summed E-state index contributed by atoms with van der Waals surface area (Å²) in [5.74, 6) is 0.309. The van der Waals surface area contributed by atoms with Crippen LogP contribution in [-0.2, 0) is 4.79 Å². The second-order valence-electron chi connectivity index (χ2n) is 5.62. The number of rotatable bonds is 3. The predicted octanol–water partition coefficient (Wildman–Crippen LogP) is 4.59. The number of hydrogen-bond acceptors (Lipinski definition) is 1. The zero-order valence-electron chi connectivity index (χ0n) is 10.7. The average molecular weight is 326 g/mol. The zero-order valence-corrected chi connectivity index (χ0v) is 12.3. The van der Waals surface area contributed by atoms with Crippen LogP contribution in [0.2, 0.25) is 0 Å². The molecule has 1 fully saturated rings. The molecule has 1 aromatic rings. The number of fused-ring (bicyclic) bond motifs is 1. The van der Waals surface area contributed by atoms with E-state index in [1.165, 1.54) is 37.8 Å². The number of benzene rings is 1. The molecule has 4 heteroatoms. The molecule has 1 amide bonds. The van der Waals surface area contributed by atoms with E-state index in [9.17, 15) is 9.18 Å². The third-order valence-corrected chi connectivity index (χ3v) is 4.99. The van der Waals surface area contributed by atoms with Crippen LogP contribution in [0, 0.1) is 11.7 Å². The summed E-state index contributed by atoms with van der Waals surface area (Å²) in [5, 5.41) is 2.87. The highest BCUT2D eigenvalue weighted by Crippen LogP contribution is 2.42. The molecule has 3 rings (SSSR count). The second-order valence-corrected chi connectivity index (χ2v) is 6.48. The van der Waals surface area contributed by atoms with Crippen molar-refractivity contribution in [3.63, 3.8) is 0 Å².